The van der Waals surface area contributed by atoms with Crippen LogP contribution < -0.4 is 0 Å². The Labute approximate surface area is 178 Å². The van der Waals surface area contributed by atoms with E-state index in [1.165, 1.54) is 32.7 Å². The molecule has 0 N–H and O–H groups in total. The molecule has 0 radical (unpaired) electrons. The fourth-order valence-corrected chi connectivity index (χ4v) is 3.95. The van der Waals surface area contributed by atoms with E-state index in [2.05, 4.69) is 118 Å². The Hall–Kier alpha value is -3.45. The van der Waals surface area contributed by atoms with Gasteiger partial charge in [0.15, 0.2) is 0 Å². The van der Waals surface area contributed by atoms with Crippen LogP contribution in [0.5, 0.6) is 0 Å². The van der Waals surface area contributed by atoms with Crippen LogP contribution in [0.3, 0.4) is 0 Å². The Morgan fingerprint density at radius 2 is 1.03 bits per heavy atom. The smallest absolute Gasteiger partial charge is 0.0711 e. The maximum Gasteiger partial charge on any atom is 0.0711 e. The Kier molecular flexibility index (Phi) is 4.40. The second-order valence-corrected chi connectivity index (χ2v) is 9.00. The van der Waals surface area contributed by atoms with Crippen molar-refractivity contribution >= 4 is 21.5 Å². The van der Waals surface area contributed by atoms with E-state index in [0.29, 0.717) is 0 Å². The van der Waals surface area contributed by atoms with E-state index < -0.39 is 0 Å². The van der Waals surface area contributed by atoms with Gasteiger partial charge in [0.1, 0.15) is 0 Å². The standard InChI is InChI=1S/C29H25N/c1-29(2,3)28-19-26(24-14-12-20-8-4-6-10-22(20)16-24)18-27(30-28)25-15-13-21-9-5-7-11-23(21)17-25/h4-19H,1-3H3. The number of nitrogens with zero attached hydrogens (tertiary/aromatic N) is 1. The van der Waals surface area contributed by atoms with Crippen molar-refractivity contribution in [2.75, 3.05) is 0 Å². The molecule has 0 atom stereocenters. The zero-order valence-corrected chi connectivity index (χ0v) is 17.7. The van der Waals surface area contributed by atoms with E-state index in [1.54, 1.807) is 0 Å². The van der Waals surface area contributed by atoms with Crippen LogP contribution in [0.1, 0.15) is 26.5 Å². The van der Waals surface area contributed by atoms with Crippen LogP contribution in [0.15, 0.2) is 97.1 Å². The lowest BCUT2D eigenvalue weighted by molar-refractivity contribution is 0.570. The number of pyridine rings is 1. The van der Waals surface area contributed by atoms with Crippen molar-refractivity contribution in [3.63, 3.8) is 0 Å². The van der Waals surface area contributed by atoms with E-state index in [-0.39, 0.29) is 5.41 Å². The van der Waals surface area contributed by atoms with Crippen molar-refractivity contribution in [3.8, 4) is 22.4 Å². The Morgan fingerprint density at radius 1 is 0.500 bits per heavy atom. The number of aromatic nitrogens is 1. The first-order valence-corrected chi connectivity index (χ1v) is 10.5. The van der Waals surface area contributed by atoms with E-state index in [0.717, 1.165) is 17.0 Å². The fraction of sp³-hybridized carbons (Fsp3) is 0.138. The highest BCUT2D eigenvalue weighted by atomic mass is 14.7. The van der Waals surface area contributed by atoms with Gasteiger partial charge in [0.2, 0.25) is 0 Å². The summed E-state index contributed by atoms with van der Waals surface area (Å²) in [5, 5.41) is 5.02. The van der Waals surface area contributed by atoms with E-state index in [1.807, 2.05) is 0 Å². The SMILES string of the molecule is CC(C)(C)c1cc(-c2ccc3ccccc3c2)cc(-c2ccc3ccccc3c2)n1. The van der Waals surface area contributed by atoms with Crippen molar-refractivity contribution in [1.82, 2.24) is 4.98 Å². The first-order valence-electron chi connectivity index (χ1n) is 10.5. The molecule has 146 valence electrons. The largest absolute Gasteiger partial charge is 0.252 e. The molecule has 0 saturated carbocycles. The lowest BCUT2D eigenvalue weighted by Gasteiger charge is -2.20. The van der Waals surface area contributed by atoms with E-state index in [9.17, 15) is 0 Å². The molecule has 0 aliphatic rings. The van der Waals surface area contributed by atoms with Gasteiger partial charge < -0.3 is 0 Å². The van der Waals surface area contributed by atoms with Crippen LogP contribution in [0, 0.1) is 0 Å². The van der Waals surface area contributed by atoms with Crippen LogP contribution >= 0.6 is 0 Å². The number of hydrogen-bond donors (Lipinski definition) is 0. The second-order valence-electron chi connectivity index (χ2n) is 9.00. The average Bonchev–Trinajstić information content (AvgIpc) is 2.77. The monoisotopic (exact) mass is 387 g/mol. The van der Waals surface area contributed by atoms with Gasteiger partial charge in [-0.1, -0.05) is 93.6 Å². The minimum Gasteiger partial charge on any atom is -0.252 e. The topological polar surface area (TPSA) is 12.9 Å². The molecule has 0 aliphatic heterocycles. The van der Waals surface area contributed by atoms with Gasteiger partial charge in [-0.2, -0.15) is 0 Å². The maximum absolute atomic E-state index is 5.07. The summed E-state index contributed by atoms with van der Waals surface area (Å²) in [6, 6.07) is 34.8. The summed E-state index contributed by atoms with van der Waals surface area (Å²) in [6.07, 6.45) is 0. The van der Waals surface area contributed by atoms with Gasteiger partial charge >= 0.3 is 0 Å². The molecule has 1 heteroatoms. The summed E-state index contributed by atoms with van der Waals surface area (Å²) in [7, 11) is 0. The van der Waals surface area contributed by atoms with Crippen LogP contribution in [0.4, 0.5) is 0 Å². The lowest BCUT2D eigenvalue weighted by Crippen LogP contribution is -2.14. The van der Waals surface area contributed by atoms with Gasteiger partial charge in [-0.3, -0.25) is 4.98 Å². The molecule has 0 amide bonds. The van der Waals surface area contributed by atoms with Crippen molar-refractivity contribution in [1.29, 1.82) is 0 Å². The number of hydrogen-bond acceptors (Lipinski definition) is 1. The van der Waals surface area contributed by atoms with Crippen molar-refractivity contribution in [3.05, 3.63) is 103 Å². The Morgan fingerprint density at radius 3 is 1.63 bits per heavy atom. The summed E-state index contributed by atoms with van der Waals surface area (Å²) in [5.41, 5.74) is 5.69. The third-order valence-electron chi connectivity index (χ3n) is 5.72. The molecule has 0 fully saturated rings. The van der Waals surface area contributed by atoms with Crippen LogP contribution in [-0.2, 0) is 5.41 Å². The Balaban J connectivity index is 1.70. The third kappa shape index (κ3) is 3.48. The first-order chi connectivity index (χ1) is 14.5. The van der Waals surface area contributed by atoms with Crippen LogP contribution in [0.25, 0.3) is 43.9 Å². The number of fused-ring (bicyclic) bond motifs is 2. The number of rotatable bonds is 2. The normalized spacial score (nSPS) is 11.8. The van der Waals surface area contributed by atoms with Crippen molar-refractivity contribution < 1.29 is 0 Å². The summed E-state index contributed by atoms with van der Waals surface area (Å²) in [4.78, 5) is 5.07. The molecule has 30 heavy (non-hydrogen) atoms. The highest BCUT2D eigenvalue weighted by Crippen LogP contribution is 2.33. The second kappa shape index (κ2) is 7.11. The summed E-state index contributed by atoms with van der Waals surface area (Å²) >= 11 is 0. The molecule has 5 rings (SSSR count). The molecular weight excluding hydrogens is 362 g/mol. The molecule has 0 saturated heterocycles. The van der Waals surface area contributed by atoms with Gasteiger partial charge in [0.05, 0.1) is 5.69 Å². The average molecular weight is 388 g/mol. The lowest BCUT2D eigenvalue weighted by atomic mass is 9.88. The molecular formula is C29H25N. The van der Waals surface area contributed by atoms with Gasteiger partial charge in [0, 0.05) is 16.7 Å². The van der Waals surface area contributed by atoms with E-state index in [4.69, 9.17) is 4.98 Å². The summed E-state index contributed by atoms with van der Waals surface area (Å²) in [5.74, 6) is 0. The molecule has 5 aromatic rings. The first kappa shape index (κ1) is 18.6. The van der Waals surface area contributed by atoms with Crippen molar-refractivity contribution in [2.45, 2.75) is 26.2 Å². The predicted octanol–water partition coefficient (Wildman–Crippen LogP) is 8.02. The van der Waals surface area contributed by atoms with E-state index >= 15 is 0 Å². The summed E-state index contributed by atoms with van der Waals surface area (Å²) in [6.45, 7) is 6.68. The minimum absolute atomic E-state index is 0.0293. The maximum atomic E-state index is 5.07. The quantitative estimate of drug-likeness (QED) is 0.299. The molecule has 1 aromatic heterocycles. The molecule has 1 nitrogen and oxygen atoms in total. The molecule has 1 heterocycles. The van der Waals surface area contributed by atoms with Gasteiger partial charge in [-0.15, -0.1) is 0 Å². The molecule has 0 unspecified atom stereocenters. The number of benzene rings is 4. The zero-order chi connectivity index (χ0) is 20.7. The zero-order valence-electron chi connectivity index (χ0n) is 17.7. The Bertz CT molecular complexity index is 1270. The molecule has 0 bridgehead atoms. The highest BCUT2D eigenvalue weighted by Gasteiger charge is 2.18. The molecule has 0 spiro atoms. The van der Waals surface area contributed by atoms with Gasteiger partial charge in [0.25, 0.3) is 0 Å². The van der Waals surface area contributed by atoms with Gasteiger partial charge in [-0.05, 0) is 56.9 Å². The third-order valence-corrected chi connectivity index (χ3v) is 5.72. The predicted molar refractivity (Wildman–Crippen MR) is 129 cm³/mol. The highest BCUT2D eigenvalue weighted by molar-refractivity contribution is 5.89. The molecule has 0 aliphatic carbocycles. The fourth-order valence-electron chi connectivity index (χ4n) is 3.95. The van der Waals surface area contributed by atoms with Gasteiger partial charge in [-0.25, -0.2) is 0 Å². The van der Waals surface area contributed by atoms with Crippen LogP contribution in [0.2, 0.25) is 0 Å². The molecule has 4 aromatic carbocycles. The van der Waals surface area contributed by atoms with Crippen molar-refractivity contribution in [2.24, 2.45) is 0 Å². The summed E-state index contributed by atoms with van der Waals surface area (Å²) < 4.78 is 0. The minimum atomic E-state index is -0.0293. The van der Waals surface area contributed by atoms with Crippen LogP contribution in [-0.4, -0.2) is 4.98 Å².